The molecule has 0 aliphatic heterocycles. The molecule has 5 nitrogen and oxygen atoms in total. The highest BCUT2D eigenvalue weighted by Gasteiger charge is 2.10. The van der Waals surface area contributed by atoms with Crippen LogP contribution < -0.4 is 5.32 Å². The molecule has 0 saturated heterocycles. The second kappa shape index (κ2) is 7.31. The van der Waals surface area contributed by atoms with Crippen LogP contribution in [0.5, 0.6) is 0 Å². The lowest BCUT2D eigenvalue weighted by molar-refractivity contribution is -0.131. The lowest BCUT2D eigenvalue weighted by Gasteiger charge is -2.14. The molecule has 2 N–H and O–H groups in total. The highest BCUT2D eigenvalue weighted by molar-refractivity contribution is 5.95. The molecule has 0 aromatic carbocycles. The number of hydrogen-bond acceptors (Lipinski definition) is 3. The Hall–Kier alpha value is -2.17. The minimum Gasteiger partial charge on any atom is -0.478 e. The number of carbonyl (C=O) groups is 2. The van der Waals surface area contributed by atoms with Gasteiger partial charge in [-0.3, -0.25) is 9.78 Å². The Bertz CT molecular complexity index is 479. The molecule has 0 saturated carbocycles. The summed E-state index contributed by atoms with van der Waals surface area (Å²) in [7, 11) is 0. The van der Waals surface area contributed by atoms with Gasteiger partial charge in [-0.1, -0.05) is 13.8 Å². The average Bonchev–Trinajstić information content (AvgIpc) is 2.42. The van der Waals surface area contributed by atoms with Crippen LogP contribution in [0.2, 0.25) is 0 Å². The van der Waals surface area contributed by atoms with Crippen LogP contribution in [0.25, 0.3) is 6.08 Å². The van der Waals surface area contributed by atoms with Crippen molar-refractivity contribution in [2.75, 3.05) is 0 Å². The first kappa shape index (κ1) is 14.9. The van der Waals surface area contributed by atoms with Crippen molar-refractivity contribution in [3.8, 4) is 0 Å². The highest BCUT2D eigenvalue weighted by atomic mass is 16.4. The zero-order valence-electron chi connectivity index (χ0n) is 11.1. The number of aromatic nitrogens is 1. The molecule has 0 bridgehead atoms. The van der Waals surface area contributed by atoms with E-state index in [1.54, 1.807) is 6.07 Å². The largest absolute Gasteiger partial charge is 0.478 e. The summed E-state index contributed by atoms with van der Waals surface area (Å²) in [5.41, 5.74) is 1.01. The van der Waals surface area contributed by atoms with Gasteiger partial charge >= 0.3 is 5.97 Å². The van der Waals surface area contributed by atoms with Gasteiger partial charge in [-0.15, -0.1) is 0 Å². The Labute approximate surface area is 112 Å². The summed E-state index contributed by atoms with van der Waals surface area (Å²) in [6.45, 7) is 4.03. The molecule has 1 aromatic rings. The fourth-order valence-corrected chi connectivity index (χ4v) is 1.60. The summed E-state index contributed by atoms with van der Waals surface area (Å²) < 4.78 is 0. The van der Waals surface area contributed by atoms with Crippen molar-refractivity contribution in [1.82, 2.24) is 10.3 Å². The molecule has 5 heteroatoms. The first-order chi connectivity index (χ1) is 9.06. The van der Waals surface area contributed by atoms with E-state index in [1.807, 2.05) is 13.8 Å². The second-order valence-corrected chi connectivity index (χ2v) is 4.17. The van der Waals surface area contributed by atoms with Gasteiger partial charge in [0.2, 0.25) is 0 Å². The van der Waals surface area contributed by atoms with Crippen LogP contribution in [-0.2, 0) is 4.79 Å². The zero-order valence-corrected chi connectivity index (χ0v) is 11.1. The van der Waals surface area contributed by atoms with Crippen LogP contribution in [-0.4, -0.2) is 28.0 Å². The van der Waals surface area contributed by atoms with Crippen molar-refractivity contribution in [2.45, 2.75) is 32.7 Å². The van der Waals surface area contributed by atoms with E-state index < -0.39 is 5.97 Å². The van der Waals surface area contributed by atoms with E-state index in [0.717, 1.165) is 18.9 Å². The third-order valence-electron chi connectivity index (χ3n) is 2.76. The lowest BCUT2D eigenvalue weighted by Crippen LogP contribution is -2.33. The average molecular weight is 262 g/mol. The van der Waals surface area contributed by atoms with Crippen LogP contribution in [0.4, 0.5) is 0 Å². The number of nitrogens with one attached hydrogen (secondary N) is 1. The van der Waals surface area contributed by atoms with E-state index in [2.05, 4.69) is 10.3 Å². The summed E-state index contributed by atoms with van der Waals surface area (Å²) in [4.78, 5) is 26.3. The summed E-state index contributed by atoms with van der Waals surface area (Å²) in [6, 6.07) is 1.76. The van der Waals surface area contributed by atoms with Crippen LogP contribution in [0.15, 0.2) is 24.5 Å². The summed E-state index contributed by atoms with van der Waals surface area (Å²) in [6.07, 6.45) is 7.13. The van der Waals surface area contributed by atoms with Crippen LogP contribution >= 0.6 is 0 Å². The summed E-state index contributed by atoms with van der Waals surface area (Å²) in [5.74, 6) is -1.22. The highest BCUT2D eigenvalue weighted by Crippen LogP contribution is 2.06. The number of amides is 1. The quantitative estimate of drug-likeness (QED) is 0.769. The minimum atomic E-state index is -1.04. The van der Waals surface area contributed by atoms with Gasteiger partial charge in [0.25, 0.3) is 5.91 Å². The third kappa shape index (κ3) is 4.91. The Morgan fingerprint density at radius 2 is 2.05 bits per heavy atom. The van der Waals surface area contributed by atoms with E-state index in [4.69, 9.17) is 5.11 Å². The predicted molar refractivity (Wildman–Crippen MR) is 72.7 cm³/mol. The first-order valence-corrected chi connectivity index (χ1v) is 6.23. The molecule has 102 valence electrons. The maximum Gasteiger partial charge on any atom is 0.328 e. The monoisotopic (exact) mass is 262 g/mol. The van der Waals surface area contributed by atoms with Crippen molar-refractivity contribution in [3.63, 3.8) is 0 Å². The molecule has 1 heterocycles. The maximum absolute atomic E-state index is 12.0. The van der Waals surface area contributed by atoms with Gasteiger partial charge in [-0.05, 0) is 30.5 Å². The predicted octanol–water partition coefficient (Wildman–Crippen LogP) is 2.10. The second-order valence-electron chi connectivity index (χ2n) is 4.17. The third-order valence-corrected chi connectivity index (χ3v) is 2.76. The minimum absolute atomic E-state index is 0.144. The number of hydrogen-bond donors (Lipinski definition) is 2. The van der Waals surface area contributed by atoms with E-state index in [1.165, 1.54) is 18.5 Å². The van der Waals surface area contributed by atoms with E-state index >= 15 is 0 Å². The topological polar surface area (TPSA) is 79.3 Å². The number of carboxylic acid groups (broad SMARTS) is 1. The molecule has 0 unspecified atom stereocenters. The Balaban J connectivity index is 2.81. The molecule has 0 atom stereocenters. The van der Waals surface area contributed by atoms with Crippen LogP contribution in [0.3, 0.4) is 0 Å². The number of nitrogens with zero attached hydrogens (tertiary/aromatic N) is 1. The molecule has 1 rings (SSSR count). The molecule has 0 aliphatic carbocycles. The summed E-state index contributed by atoms with van der Waals surface area (Å²) >= 11 is 0. The number of carboxylic acids is 1. The van der Waals surface area contributed by atoms with E-state index in [9.17, 15) is 9.59 Å². The normalized spacial score (nSPS) is 10.9. The summed E-state index contributed by atoms with van der Waals surface area (Å²) in [5, 5.41) is 11.5. The molecule has 0 aliphatic rings. The Morgan fingerprint density at radius 1 is 1.37 bits per heavy atom. The van der Waals surface area contributed by atoms with Gasteiger partial charge in [0.15, 0.2) is 0 Å². The van der Waals surface area contributed by atoms with Gasteiger partial charge in [0.05, 0.1) is 5.56 Å². The number of rotatable bonds is 6. The molecule has 19 heavy (non-hydrogen) atoms. The van der Waals surface area contributed by atoms with Gasteiger partial charge in [-0.2, -0.15) is 0 Å². The van der Waals surface area contributed by atoms with Crippen molar-refractivity contribution in [2.24, 2.45) is 0 Å². The molecule has 0 fully saturated rings. The number of pyridine rings is 1. The van der Waals surface area contributed by atoms with Crippen molar-refractivity contribution in [1.29, 1.82) is 0 Å². The SMILES string of the molecule is CCC(CC)NC(=O)c1cncc(/C=C/C(=O)O)c1. The molecule has 0 spiro atoms. The van der Waals surface area contributed by atoms with Gasteiger partial charge in [-0.25, -0.2) is 4.79 Å². The fraction of sp³-hybridized carbons (Fsp3) is 0.357. The molecular formula is C14H18N2O3. The number of carbonyl (C=O) groups excluding carboxylic acids is 1. The van der Waals surface area contributed by atoms with Gasteiger partial charge in [0, 0.05) is 24.5 Å². The smallest absolute Gasteiger partial charge is 0.328 e. The fourth-order valence-electron chi connectivity index (χ4n) is 1.60. The maximum atomic E-state index is 12.0. The Kier molecular flexibility index (Phi) is 5.73. The van der Waals surface area contributed by atoms with E-state index in [0.29, 0.717) is 11.1 Å². The lowest BCUT2D eigenvalue weighted by atomic mass is 10.1. The zero-order chi connectivity index (χ0) is 14.3. The molecular weight excluding hydrogens is 244 g/mol. The standard InChI is InChI=1S/C14H18N2O3/c1-3-12(4-2)16-14(19)11-7-10(8-15-9-11)5-6-13(17)18/h5-9,12H,3-4H2,1-2H3,(H,16,19)(H,17,18)/b6-5+. The van der Waals surface area contributed by atoms with Crippen LogP contribution in [0, 0.1) is 0 Å². The first-order valence-electron chi connectivity index (χ1n) is 6.23. The molecule has 1 amide bonds. The van der Waals surface area contributed by atoms with E-state index in [-0.39, 0.29) is 11.9 Å². The van der Waals surface area contributed by atoms with Crippen molar-refractivity contribution in [3.05, 3.63) is 35.7 Å². The van der Waals surface area contributed by atoms with Crippen molar-refractivity contribution < 1.29 is 14.7 Å². The van der Waals surface area contributed by atoms with Gasteiger partial charge in [0.1, 0.15) is 0 Å². The molecule has 1 aromatic heterocycles. The van der Waals surface area contributed by atoms with Gasteiger partial charge < -0.3 is 10.4 Å². The van der Waals surface area contributed by atoms with Crippen molar-refractivity contribution >= 4 is 18.0 Å². The van der Waals surface area contributed by atoms with Crippen LogP contribution in [0.1, 0.15) is 42.6 Å². The number of aliphatic carboxylic acids is 1. The Morgan fingerprint density at radius 3 is 2.63 bits per heavy atom. The molecule has 0 radical (unpaired) electrons.